The maximum absolute atomic E-state index is 6.23. The van der Waals surface area contributed by atoms with Gasteiger partial charge in [0.15, 0.2) is 0 Å². The van der Waals surface area contributed by atoms with Crippen molar-refractivity contribution in [3.8, 4) is 0 Å². The number of nitrogens with zero attached hydrogens (tertiary/aromatic N) is 2. The van der Waals surface area contributed by atoms with E-state index in [4.69, 9.17) is 11.6 Å². The fraction of sp³-hybridized carbons (Fsp3) is 0.688. The predicted octanol–water partition coefficient (Wildman–Crippen LogP) is 3.96. The Morgan fingerprint density at radius 1 is 1.35 bits per heavy atom. The van der Waals surface area contributed by atoms with E-state index in [-0.39, 0.29) is 0 Å². The SMILES string of the molecule is CCC(C)CN(C)c1cc(CNCC(C)C)c(Cl)cn1. The molecule has 1 N–H and O–H groups in total. The zero-order chi connectivity index (χ0) is 15.1. The van der Waals surface area contributed by atoms with Crippen LogP contribution in [0.2, 0.25) is 5.02 Å². The molecule has 1 rings (SSSR count). The van der Waals surface area contributed by atoms with Crippen LogP contribution in [0.15, 0.2) is 12.3 Å². The van der Waals surface area contributed by atoms with Crippen molar-refractivity contribution in [1.29, 1.82) is 0 Å². The van der Waals surface area contributed by atoms with Crippen LogP contribution >= 0.6 is 11.6 Å². The third kappa shape index (κ3) is 5.68. The third-order valence-electron chi connectivity index (χ3n) is 3.46. The van der Waals surface area contributed by atoms with E-state index in [9.17, 15) is 0 Å². The lowest BCUT2D eigenvalue weighted by atomic mass is 10.1. The lowest BCUT2D eigenvalue weighted by molar-refractivity contribution is 0.550. The summed E-state index contributed by atoms with van der Waals surface area (Å²) < 4.78 is 0. The van der Waals surface area contributed by atoms with Gasteiger partial charge in [-0.2, -0.15) is 0 Å². The average molecular weight is 298 g/mol. The Balaban J connectivity index is 2.69. The van der Waals surface area contributed by atoms with Gasteiger partial charge in [0, 0.05) is 26.3 Å². The molecule has 0 aromatic carbocycles. The van der Waals surface area contributed by atoms with Crippen LogP contribution in [0, 0.1) is 11.8 Å². The zero-order valence-electron chi connectivity index (χ0n) is 13.4. The summed E-state index contributed by atoms with van der Waals surface area (Å²) in [5, 5.41) is 4.17. The molecule has 1 aromatic heterocycles. The van der Waals surface area contributed by atoms with Crippen molar-refractivity contribution in [2.75, 3.05) is 25.0 Å². The Morgan fingerprint density at radius 3 is 2.65 bits per heavy atom. The molecule has 0 saturated heterocycles. The second-order valence-corrected chi connectivity index (χ2v) is 6.46. The average Bonchev–Trinajstić information content (AvgIpc) is 2.40. The van der Waals surface area contributed by atoms with Gasteiger partial charge < -0.3 is 10.2 Å². The van der Waals surface area contributed by atoms with Crippen LogP contribution in [0.1, 0.15) is 39.7 Å². The molecule has 20 heavy (non-hydrogen) atoms. The minimum absolute atomic E-state index is 0.642. The van der Waals surface area contributed by atoms with Gasteiger partial charge in [-0.05, 0) is 30.0 Å². The maximum Gasteiger partial charge on any atom is 0.128 e. The molecular weight excluding hydrogens is 270 g/mol. The van der Waals surface area contributed by atoms with Crippen molar-refractivity contribution in [3.63, 3.8) is 0 Å². The number of nitrogens with one attached hydrogen (secondary N) is 1. The fourth-order valence-electron chi connectivity index (χ4n) is 2.00. The van der Waals surface area contributed by atoms with Crippen molar-refractivity contribution in [1.82, 2.24) is 10.3 Å². The Kier molecular flexibility index (Phi) is 7.31. The number of aromatic nitrogens is 1. The molecule has 0 aliphatic carbocycles. The zero-order valence-corrected chi connectivity index (χ0v) is 14.2. The smallest absolute Gasteiger partial charge is 0.128 e. The maximum atomic E-state index is 6.23. The van der Waals surface area contributed by atoms with Crippen LogP contribution < -0.4 is 10.2 Å². The van der Waals surface area contributed by atoms with Gasteiger partial charge in [-0.1, -0.05) is 45.7 Å². The summed E-state index contributed by atoms with van der Waals surface area (Å²) in [4.78, 5) is 6.64. The van der Waals surface area contributed by atoms with Crippen molar-refractivity contribution >= 4 is 17.4 Å². The van der Waals surface area contributed by atoms with Gasteiger partial charge in [0.2, 0.25) is 0 Å². The number of anilines is 1. The van der Waals surface area contributed by atoms with Crippen LogP contribution in [0.3, 0.4) is 0 Å². The van der Waals surface area contributed by atoms with Gasteiger partial charge in [0.25, 0.3) is 0 Å². The van der Waals surface area contributed by atoms with Crippen molar-refractivity contribution in [2.45, 2.75) is 40.7 Å². The molecule has 1 aromatic rings. The second kappa shape index (κ2) is 8.48. The van der Waals surface area contributed by atoms with Crippen molar-refractivity contribution in [3.05, 3.63) is 22.8 Å². The van der Waals surface area contributed by atoms with E-state index in [1.165, 1.54) is 6.42 Å². The summed E-state index contributed by atoms with van der Waals surface area (Å²) in [6.07, 6.45) is 2.94. The summed E-state index contributed by atoms with van der Waals surface area (Å²) in [6, 6.07) is 2.10. The first-order valence-corrected chi connectivity index (χ1v) is 7.88. The van der Waals surface area contributed by atoms with E-state index >= 15 is 0 Å². The number of rotatable bonds is 8. The summed E-state index contributed by atoms with van der Waals surface area (Å²) in [5.74, 6) is 2.30. The van der Waals surface area contributed by atoms with E-state index in [2.05, 4.69) is 56.0 Å². The molecule has 0 bridgehead atoms. The predicted molar refractivity (Wildman–Crippen MR) is 88.5 cm³/mol. The molecule has 1 heterocycles. The lowest BCUT2D eigenvalue weighted by Crippen LogP contribution is -2.25. The van der Waals surface area contributed by atoms with Gasteiger partial charge in [0.1, 0.15) is 5.82 Å². The number of pyridine rings is 1. The van der Waals surface area contributed by atoms with Gasteiger partial charge in [-0.3, -0.25) is 0 Å². The summed E-state index contributed by atoms with van der Waals surface area (Å²) in [7, 11) is 2.09. The Morgan fingerprint density at radius 2 is 2.05 bits per heavy atom. The van der Waals surface area contributed by atoms with Crippen LogP contribution in [-0.4, -0.2) is 25.1 Å². The fourth-order valence-corrected chi connectivity index (χ4v) is 2.17. The molecule has 0 radical (unpaired) electrons. The summed E-state index contributed by atoms with van der Waals surface area (Å²) >= 11 is 6.23. The topological polar surface area (TPSA) is 28.2 Å². The lowest BCUT2D eigenvalue weighted by Gasteiger charge is -2.22. The molecule has 4 heteroatoms. The third-order valence-corrected chi connectivity index (χ3v) is 3.80. The summed E-state index contributed by atoms with van der Waals surface area (Å²) in [6.45, 7) is 11.7. The van der Waals surface area contributed by atoms with Crippen molar-refractivity contribution < 1.29 is 0 Å². The van der Waals surface area contributed by atoms with E-state index in [0.29, 0.717) is 11.8 Å². The highest BCUT2D eigenvalue weighted by molar-refractivity contribution is 6.31. The van der Waals surface area contributed by atoms with Gasteiger partial charge in [-0.25, -0.2) is 4.98 Å². The highest BCUT2D eigenvalue weighted by atomic mass is 35.5. The molecular formula is C16H28ClN3. The highest BCUT2D eigenvalue weighted by Gasteiger charge is 2.09. The molecule has 0 spiro atoms. The minimum atomic E-state index is 0.642. The molecule has 1 atom stereocenters. The van der Waals surface area contributed by atoms with Crippen LogP contribution in [0.25, 0.3) is 0 Å². The van der Waals surface area contributed by atoms with Crippen LogP contribution in [-0.2, 0) is 6.54 Å². The first-order valence-electron chi connectivity index (χ1n) is 7.50. The normalized spacial score (nSPS) is 12.8. The van der Waals surface area contributed by atoms with Gasteiger partial charge in [-0.15, -0.1) is 0 Å². The number of halogens is 1. The molecule has 114 valence electrons. The van der Waals surface area contributed by atoms with E-state index < -0.39 is 0 Å². The van der Waals surface area contributed by atoms with Crippen LogP contribution in [0.4, 0.5) is 5.82 Å². The Hall–Kier alpha value is -0.800. The molecule has 1 unspecified atom stereocenters. The number of hydrogen-bond donors (Lipinski definition) is 1. The monoisotopic (exact) mass is 297 g/mol. The van der Waals surface area contributed by atoms with E-state index in [0.717, 1.165) is 36.0 Å². The molecule has 3 nitrogen and oxygen atoms in total. The molecule has 0 fully saturated rings. The first-order chi connectivity index (χ1) is 9.43. The Bertz CT molecular complexity index is 407. The van der Waals surface area contributed by atoms with E-state index in [1.807, 2.05) is 0 Å². The van der Waals surface area contributed by atoms with Crippen molar-refractivity contribution in [2.24, 2.45) is 11.8 Å². The second-order valence-electron chi connectivity index (χ2n) is 6.05. The molecule has 0 aliphatic heterocycles. The highest BCUT2D eigenvalue weighted by Crippen LogP contribution is 2.20. The largest absolute Gasteiger partial charge is 0.359 e. The van der Waals surface area contributed by atoms with Gasteiger partial charge >= 0.3 is 0 Å². The molecule has 0 amide bonds. The number of hydrogen-bond acceptors (Lipinski definition) is 3. The molecule has 0 aliphatic rings. The molecule has 0 saturated carbocycles. The van der Waals surface area contributed by atoms with E-state index in [1.54, 1.807) is 6.20 Å². The summed E-state index contributed by atoms with van der Waals surface area (Å²) in [5.41, 5.74) is 1.12. The standard InChI is InChI=1S/C16H28ClN3/c1-6-13(4)11-20(5)16-7-14(15(17)10-19-16)9-18-8-12(2)3/h7,10,12-13,18H,6,8-9,11H2,1-5H3. The van der Waals surface area contributed by atoms with Gasteiger partial charge in [0.05, 0.1) is 5.02 Å². The quantitative estimate of drug-likeness (QED) is 0.787. The Labute approximate surface area is 128 Å². The minimum Gasteiger partial charge on any atom is -0.359 e. The van der Waals surface area contributed by atoms with Crippen LogP contribution in [0.5, 0.6) is 0 Å². The first kappa shape index (κ1) is 17.3.